The molecule has 7 nitrogen and oxygen atoms in total. The lowest BCUT2D eigenvalue weighted by Gasteiger charge is -2.47. The van der Waals surface area contributed by atoms with E-state index in [4.69, 9.17) is 11.5 Å². The van der Waals surface area contributed by atoms with E-state index in [9.17, 15) is 16.8 Å². The fraction of sp³-hybridized carbons (Fsp3) is 0.786. The minimum atomic E-state index is -3.57. The quantitative estimate of drug-likeness (QED) is 0.512. The number of hydrogen-bond donors (Lipinski definition) is 2. The van der Waals surface area contributed by atoms with Crippen LogP contribution in [0.2, 0.25) is 0 Å². The summed E-state index contributed by atoms with van der Waals surface area (Å²) in [7, 11) is -7.00. The topological polar surface area (TPSA) is 124 Å². The molecule has 3 aliphatic carbocycles. The van der Waals surface area contributed by atoms with E-state index in [2.05, 4.69) is 38.1 Å². The summed E-state index contributed by atoms with van der Waals surface area (Å²) < 4.78 is 56.0. The van der Waals surface area contributed by atoms with Crippen molar-refractivity contribution in [3.63, 3.8) is 0 Å². The number of hydrogen-bond acceptors (Lipinski definition) is 6. The second-order valence-electron chi connectivity index (χ2n) is 13.1. The fourth-order valence-electron chi connectivity index (χ4n) is 8.93. The van der Waals surface area contributed by atoms with Crippen molar-refractivity contribution in [3.8, 4) is 0 Å². The molecule has 0 radical (unpaired) electrons. The van der Waals surface area contributed by atoms with Gasteiger partial charge >= 0.3 is 0 Å². The fourth-order valence-corrected chi connectivity index (χ4v) is 12.8. The molecular weight excluding hydrogens is 506 g/mol. The molecule has 9 heteroatoms. The van der Waals surface area contributed by atoms with Gasteiger partial charge in [0, 0.05) is 31.9 Å². The minimum Gasteiger partial charge on any atom is -0.329 e. The van der Waals surface area contributed by atoms with Crippen LogP contribution in [-0.2, 0) is 31.7 Å². The first-order chi connectivity index (χ1) is 17.3. The highest BCUT2D eigenvalue weighted by Gasteiger charge is 2.67. The molecule has 1 spiro atoms. The van der Waals surface area contributed by atoms with Gasteiger partial charge in [0.1, 0.15) is 0 Å². The number of rotatable bonds is 8. The predicted molar refractivity (Wildman–Crippen MR) is 148 cm³/mol. The Hall–Kier alpha value is -1.00. The Morgan fingerprint density at radius 1 is 1.05 bits per heavy atom. The lowest BCUT2D eigenvalue weighted by atomic mass is 9.65. The Kier molecular flexibility index (Phi) is 6.92. The van der Waals surface area contributed by atoms with Crippen LogP contribution < -0.4 is 11.5 Å². The molecule has 4 aliphatic rings. The van der Waals surface area contributed by atoms with Crippen LogP contribution in [0.15, 0.2) is 24.3 Å². The van der Waals surface area contributed by atoms with Crippen molar-refractivity contribution in [2.45, 2.75) is 81.9 Å². The van der Waals surface area contributed by atoms with Gasteiger partial charge in [-0.2, -0.15) is 0 Å². The molecule has 0 amide bonds. The van der Waals surface area contributed by atoms with Crippen LogP contribution >= 0.6 is 0 Å². The number of aryl methyl sites for hydroxylation is 1. The van der Waals surface area contributed by atoms with E-state index in [1.165, 1.54) is 17.4 Å². The third kappa shape index (κ3) is 4.41. The average molecular weight is 552 g/mol. The molecule has 1 aliphatic heterocycles. The molecule has 3 fully saturated rings. The SMILES string of the molecule is CC1(C)C2CCC1(CS(=O)(=O)N1CCC3(CCc4ccccc43)CC1)C(C(CC(N)CN)S(C)(=O)=O)C2. The lowest BCUT2D eigenvalue weighted by Crippen LogP contribution is -2.53. The molecule has 208 valence electrons. The molecule has 2 saturated carbocycles. The summed E-state index contributed by atoms with van der Waals surface area (Å²) in [5.41, 5.74) is 14.0. The maximum atomic E-state index is 14.1. The Balaban J connectivity index is 1.40. The zero-order valence-corrected chi connectivity index (χ0v) is 24.3. The molecular formula is C28H45N3O4S2. The second kappa shape index (κ2) is 9.29. The zero-order chi connectivity index (χ0) is 26.9. The van der Waals surface area contributed by atoms with E-state index in [0.29, 0.717) is 19.0 Å². The molecule has 4 N–H and O–H groups in total. The maximum absolute atomic E-state index is 14.1. The number of nitrogens with two attached hydrogens (primary N) is 2. The molecule has 1 aromatic rings. The monoisotopic (exact) mass is 551 g/mol. The molecule has 1 heterocycles. The largest absolute Gasteiger partial charge is 0.329 e. The molecule has 5 unspecified atom stereocenters. The Morgan fingerprint density at radius 3 is 2.35 bits per heavy atom. The third-order valence-corrected chi connectivity index (χ3v) is 15.0. The molecule has 5 atom stereocenters. The summed E-state index contributed by atoms with van der Waals surface area (Å²) in [6.07, 6.45) is 7.90. The summed E-state index contributed by atoms with van der Waals surface area (Å²) in [6.45, 7) is 5.63. The second-order valence-corrected chi connectivity index (χ2v) is 17.4. The normalized spacial score (nSPS) is 32.5. The van der Waals surface area contributed by atoms with E-state index in [1.54, 1.807) is 4.31 Å². The highest BCUT2D eigenvalue weighted by atomic mass is 32.2. The Bertz CT molecular complexity index is 1240. The molecule has 0 aromatic heterocycles. The van der Waals surface area contributed by atoms with Crippen molar-refractivity contribution in [3.05, 3.63) is 35.4 Å². The summed E-state index contributed by atoms with van der Waals surface area (Å²) in [5.74, 6) is 0.133. The number of piperidine rings is 1. The van der Waals surface area contributed by atoms with Gasteiger partial charge in [0.15, 0.2) is 9.84 Å². The van der Waals surface area contributed by atoms with E-state index < -0.39 is 36.6 Å². The van der Waals surface area contributed by atoms with Crippen molar-refractivity contribution < 1.29 is 16.8 Å². The van der Waals surface area contributed by atoms with Crippen LogP contribution in [0.25, 0.3) is 0 Å². The van der Waals surface area contributed by atoms with Gasteiger partial charge in [-0.1, -0.05) is 38.1 Å². The number of sulfonamides is 1. The van der Waals surface area contributed by atoms with Gasteiger partial charge in [0.25, 0.3) is 0 Å². The van der Waals surface area contributed by atoms with Crippen molar-refractivity contribution in [1.82, 2.24) is 4.31 Å². The van der Waals surface area contributed by atoms with Crippen LogP contribution in [-0.4, -0.2) is 64.1 Å². The van der Waals surface area contributed by atoms with Crippen molar-refractivity contribution in [2.75, 3.05) is 31.6 Å². The van der Waals surface area contributed by atoms with Gasteiger partial charge in [-0.15, -0.1) is 0 Å². The van der Waals surface area contributed by atoms with E-state index >= 15 is 0 Å². The van der Waals surface area contributed by atoms with Crippen molar-refractivity contribution >= 4 is 19.9 Å². The smallest absolute Gasteiger partial charge is 0.214 e. The zero-order valence-electron chi connectivity index (χ0n) is 22.7. The van der Waals surface area contributed by atoms with Crippen LogP contribution in [0.1, 0.15) is 69.9 Å². The van der Waals surface area contributed by atoms with Crippen molar-refractivity contribution in [1.29, 1.82) is 0 Å². The summed E-state index contributed by atoms with van der Waals surface area (Å²) in [5, 5.41) is -0.662. The minimum absolute atomic E-state index is 0.0294. The van der Waals surface area contributed by atoms with E-state index in [0.717, 1.165) is 44.9 Å². The first kappa shape index (κ1) is 27.6. The van der Waals surface area contributed by atoms with Crippen LogP contribution in [0.5, 0.6) is 0 Å². The van der Waals surface area contributed by atoms with Gasteiger partial charge in [0.05, 0.1) is 11.0 Å². The van der Waals surface area contributed by atoms with Gasteiger partial charge in [-0.05, 0) is 90.6 Å². The predicted octanol–water partition coefficient (Wildman–Crippen LogP) is 2.83. The number of nitrogens with zero attached hydrogens (tertiary/aromatic N) is 1. The molecule has 2 bridgehead atoms. The molecule has 1 saturated heterocycles. The van der Waals surface area contributed by atoms with Gasteiger partial charge < -0.3 is 11.5 Å². The van der Waals surface area contributed by atoms with Gasteiger partial charge in [-0.3, -0.25) is 0 Å². The molecule has 5 rings (SSSR count). The highest BCUT2D eigenvalue weighted by molar-refractivity contribution is 7.91. The standard InChI is InChI=1S/C28H45N3O4S2/c1-26(2)21-9-11-28(26,24(16-21)25(36(3,32)33)17-22(30)18-29)19-37(34,35)31-14-12-27(13-15-31)10-8-20-6-4-5-7-23(20)27/h4-7,21-22,24-25H,8-19,29-30H2,1-3H3. The highest BCUT2D eigenvalue weighted by Crippen LogP contribution is 2.70. The van der Waals surface area contributed by atoms with E-state index in [1.807, 2.05) is 0 Å². The van der Waals surface area contributed by atoms with E-state index in [-0.39, 0.29) is 35.5 Å². The number of benzene rings is 1. The van der Waals surface area contributed by atoms with Crippen molar-refractivity contribution in [2.24, 2.45) is 34.1 Å². The number of sulfone groups is 1. The lowest BCUT2D eigenvalue weighted by molar-refractivity contribution is 0.0981. The molecule has 37 heavy (non-hydrogen) atoms. The molecule has 1 aromatic carbocycles. The van der Waals surface area contributed by atoms with Crippen LogP contribution in [0, 0.1) is 22.7 Å². The average Bonchev–Trinajstić information content (AvgIpc) is 3.38. The third-order valence-electron chi connectivity index (χ3n) is 11.3. The van der Waals surface area contributed by atoms with Crippen LogP contribution in [0.3, 0.4) is 0 Å². The summed E-state index contributed by atoms with van der Waals surface area (Å²) in [6, 6.07) is 8.22. The van der Waals surface area contributed by atoms with Gasteiger partial charge in [-0.25, -0.2) is 21.1 Å². The first-order valence-electron chi connectivity index (χ1n) is 14.0. The Labute approximate surface area is 223 Å². The van der Waals surface area contributed by atoms with Gasteiger partial charge in [0.2, 0.25) is 10.0 Å². The summed E-state index contributed by atoms with van der Waals surface area (Å²) in [4.78, 5) is 0. The first-order valence-corrected chi connectivity index (χ1v) is 17.5. The summed E-state index contributed by atoms with van der Waals surface area (Å²) >= 11 is 0. The maximum Gasteiger partial charge on any atom is 0.214 e. The Morgan fingerprint density at radius 2 is 1.73 bits per heavy atom. The van der Waals surface area contributed by atoms with Crippen LogP contribution in [0.4, 0.5) is 0 Å². The number of fused-ring (bicyclic) bond motifs is 4.